The Bertz CT molecular complexity index is 699. The van der Waals surface area contributed by atoms with E-state index in [4.69, 9.17) is 9.47 Å². The fourth-order valence-corrected chi connectivity index (χ4v) is 3.20. The molecule has 0 aliphatic carbocycles. The third kappa shape index (κ3) is 3.92. The Morgan fingerprint density at radius 1 is 1.22 bits per heavy atom. The van der Waals surface area contributed by atoms with E-state index in [1.165, 1.54) is 5.56 Å². The Kier molecular flexibility index (Phi) is 4.97. The first-order chi connectivity index (χ1) is 11.3. The standard InChI is InChI=1S/C16H18N4O2S/c1-21-13-5-11(6-14(7-13)22-2)8-18-20-16-17-9-12-10-23-4-3-15(12)19-16/h5-9H,3-4,10H2,1-2H3,(H,17,19,20). The van der Waals surface area contributed by atoms with Crippen LogP contribution in [-0.4, -0.2) is 36.2 Å². The van der Waals surface area contributed by atoms with Gasteiger partial charge in [-0.2, -0.15) is 16.9 Å². The maximum atomic E-state index is 5.24. The Balaban J connectivity index is 1.71. The lowest BCUT2D eigenvalue weighted by atomic mass is 10.2. The van der Waals surface area contributed by atoms with E-state index in [0.717, 1.165) is 29.2 Å². The first-order valence-corrected chi connectivity index (χ1v) is 8.38. The zero-order valence-corrected chi connectivity index (χ0v) is 13.9. The molecule has 7 heteroatoms. The molecule has 0 saturated heterocycles. The van der Waals surface area contributed by atoms with Crippen molar-refractivity contribution in [3.8, 4) is 11.5 Å². The summed E-state index contributed by atoms with van der Waals surface area (Å²) >= 11 is 1.91. The van der Waals surface area contributed by atoms with Crippen LogP contribution in [0.1, 0.15) is 16.8 Å². The molecule has 0 unspecified atom stereocenters. The minimum atomic E-state index is 0.516. The molecule has 2 heterocycles. The van der Waals surface area contributed by atoms with Crippen molar-refractivity contribution >= 4 is 23.9 Å². The maximum Gasteiger partial charge on any atom is 0.243 e. The van der Waals surface area contributed by atoms with Crippen LogP contribution >= 0.6 is 11.8 Å². The van der Waals surface area contributed by atoms with Crippen LogP contribution in [0.25, 0.3) is 0 Å². The lowest BCUT2D eigenvalue weighted by Gasteiger charge is -2.13. The molecule has 1 aromatic heterocycles. The minimum Gasteiger partial charge on any atom is -0.497 e. The van der Waals surface area contributed by atoms with Crippen molar-refractivity contribution in [1.82, 2.24) is 9.97 Å². The Morgan fingerprint density at radius 2 is 2.00 bits per heavy atom. The number of benzene rings is 1. The molecule has 0 amide bonds. The van der Waals surface area contributed by atoms with Gasteiger partial charge in [-0.15, -0.1) is 0 Å². The summed E-state index contributed by atoms with van der Waals surface area (Å²) in [5, 5.41) is 4.20. The van der Waals surface area contributed by atoms with Crippen LogP contribution in [0.3, 0.4) is 0 Å². The van der Waals surface area contributed by atoms with Crippen LogP contribution in [0.2, 0.25) is 0 Å². The maximum absolute atomic E-state index is 5.24. The van der Waals surface area contributed by atoms with Crippen LogP contribution < -0.4 is 14.9 Å². The highest BCUT2D eigenvalue weighted by molar-refractivity contribution is 7.98. The highest BCUT2D eigenvalue weighted by atomic mass is 32.2. The average molecular weight is 330 g/mol. The highest BCUT2D eigenvalue weighted by Crippen LogP contribution is 2.23. The van der Waals surface area contributed by atoms with Crippen molar-refractivity contribution in [3.05, 3.63) is 41.2 Å². The van der Waals surface area contributed by atoms with Crippen molar-refractivity contribution in [3.63, 3.8) is 0 Å². The van der Waals surface area contributed by atoms with Crippen molar-refractivity contribution in [1.29, 1.82) is 0 Å². The summed E-state index contributed by atoms with van der Waals surface area (Å²) in [6.07, 6.45) is 4.54. The van der Waals surface area contributed by atoms with Crippen LogP contribution in [0.5, 0.6) is 11.5 Å². The molecule has 0 spiro atoms. The van der Waals surface area contributed by atoms with E-state index in [2.05, 4.69) is 20.5 Å². The molecule has 0 radical (unpaired) electrons. The first-order valence-electron chi connectivity index (χ1n) is 7.23. The monoisotopic (exact) mass is 330 g/mol. The predicted molar refractivity (Wildman–Crippen MR) is 92.7 cm³/mol. The van der Waals surface area contributed by atoms with Crippen molar-refractivity contribution in [2.75, 3.05) is 25.4 Å². The van der Waals surface area contributed by atoms with Gasteiger partial charge in [-0.1, -0.05) is 0 Å². The molecule has 23 heavy (non-hydrogen) atoms. The third-order valence-corrected chi connectivity index (χ3v) is 4.45. The minimum absolute atomic E-state index is 0.516. The van der Waals surface area contributed by atoms with Gasteiger partial charge in [-0.25, -0.2) is 15.4 Å². The molecule has 0 fully saturated rings. The van der Waals surface area contributed by atoms with Crippen LogP contribution in [0.15, 0.2) is 29.5 Å². The number of nitrogens with zero attached hydrogens (tertiary/aromatic N) is 3. The molecule has 6 nitrogen and oxygen atoms in total. The second-order valence-corrected chi connectivity index (χ2v) is 6.09. The highest BCUT2D eigenvalue weighted by Gasteiger charge is 2.11. The summed E-state index contributed by atoms with van der Waals surface area (Å²) in [6, 6.07) is 5.56. The molecule has 0 saturated carbocycles. The van der Waals surface area contributed by atoms with E-state index in [0.29, 0.717) is 17.4 Å². The number of rotatable bonds is 5. The van der Waals surface area contributed by atoms with Gasteiger partial charge < -0.3 is 9.47 Å². The van der Waals surface area contributed by atoms with Gasteiger partial charge in [0.1, 0.15) is 11.5 Å². The molecule has 2 aromatic rings. The lowest BCUT2D eigenvalue weighted by Crippen LogP contribution is -2.08. The summed E-state index contributed by atoms with van der Waals surface area (Å²) in [5.41, 5.74) is 6.07. The third-order valence-electron chi connectivity index (χ3n) is 3.45. The number of nitrogens with one attached hydrogen (secondary N) is 1. The van der Waals surface area contributed by atoms with E-state index >= 15 is 0 Å². The predicted octanol–water partition coefficient (Wildman–Crippen LogP) is 2.73. The molecule has 0 bridgehead atoms. The first kappa shape index (κ1) is 15.6. The number of aromatic nitrogens is 2. The molecule has 120 valence electrons. The fourth-order valence-electron chi connectivity index (χ4n) is 2.25. The number of fused-ring (bicyclic) bond motifs is 1. The van der Waals surface area contributed by atoms with Crippen LogP contribution in [0.4, 0.5) is 5.95 Å². The average Bonchev–Trinajstić information content (AvgIpc) is 2.61. The van der Waals surface area contributed by atoms with Gasteiger partial charge in [0.05, 0.1) is 26.1 Å². The lowest BCUT2D eigenvalue weighted by molar-refractivity contribution is 0.394. The normalized spacial score (nSPS) is 13.7. The molecule has 1 N–H and O–H groups in total. The van der Waals surface area contributed by atoms with Crippen molar-refractivity contribution in [2.24, 2.45) is 5.10 Å². The van der Waals surface area contributed by atoms with E-state index in [9.17, 15) is 0 Å². The van der Waals surface area contributed by atoms with Crippen LogP contribution in [-0.2, 0) is 12.2 Å². The summed E-state index contributed by atoms with van der Waals surface area (Å²) in [6.45, 7) is 0. The van der Waals surface area contributed by atoms with Crippen molar-refractivity contribution in [2.45, 2.75) is 12.2 Å². The topological polar surface area (TPSA) is 68.6 Å². The number of ether oxygens (including phenoxy) is 2. The smallest absolute Gasteiger partial charge is 0.243 e. The molecule has 1 aliphatic heterocycles. The molecule has 1 aromatic carbocycles. The van der Waals surface area contributed by atoms with Gasteiger partial charge >= 0.3 is 0 Å². The molecular formula is C16H18N4O2S. The Morgan fingerprint density at radius 3 is 2.74 bits per heavy atom. The van der Waals surface area contributed by atoms with Gasteiger partial charge in [-0.05, 0) is 24.3 Å². The molecule has 0 atom stereocenters. The number of hydrogen-bond donors (Lipinski definition) is 1. The van der Waals surface area contributed by atoms with E-state index in [1.54, 1.807) is 20.4 Å². The van der Waals surface area contributed by atoms with Crippen LogP contribution in [0, 0.1) is 0 Å². The number of anilines is 1. The Hall–Kier alpha value is -2.28. The second-order valence-electron chi connectivity index (χ2n) is 4.98. The fraction of sp³-hybridized carbons (Fsp3) is 0.312. The SMILES string of the molecule is COc1cc(C=NNc2ncc3c(n2)CCSC3)cc(OC)c1. The van der Waals surface area contributed by atoms with E-state index in [1.807, 2.05) is 36.2 Å². The number of methoxy groups -OCH3 is 2. The van der Waals surface area contributed by atoms with Gasteiger partial charge in [0.15, 0.2) is 0 Å². The zero-order valence-electron chi connectivity index (χ0n) is 13.1. The van der Waals surface area contributed by atoms with Gasteiger partial charge in [0.25, 0.3) is 0 Å². The summed E-state index contributed by atoms with van der Waals surface area (Å²) in [5.74, 6) is 4.04. The van der Waals surface area contributed by atoms with Gasteiger partial charge in [0, 0.05) is 29.1 Å². The van der Waals surface area contributed by atoms with Crippen molar-refractivity contribution < 1.29 is 9.47 Å². The van der Waals surface area contributed by atoms with Gasteiger partial charge in [0.2, 0.25) is 5.95 Å². The summed E-state index contributed by atoms with van der Waals surface area (Å²) in [4.78, 5) is 8.81. The number of thioether (sulfide) groups is 1. The van der Waals surface area contributed by atoms with Gasteiger partial charge in [-0.3, -0.25) is 0 Å². The number of hydrazone groups is 1. The summed E-state index contributed by atoms with van der Waals surface area (Å²) < 4.78 is 10.5. The second kappa shape index (κ2) is 7.32. The van der Waals surface area contributed by atoms with E-state index in [-0.39, 0.29) is 0 Å². The summed E-state index contributed by atoms with van der Waals surface area (Å²) in [7, 11) is 3.24. The number of hydrogen-bond acceptors (Lipinski definition) is 7. The zero-order chi connectivity index (χ0) is 16.1. The number of aryl methyl sites for hydroxylation is 1. The van der Waals surface area contributed by atoms with E-state index < -0.39 is 0 Å². The molecule has 3 rings (SSSR count). The molecular weight excluding hydrogens is 312 g/mol. The quantitative estimate of drug-likeness (QED) is 0.671. The largest absolute Gasteiger partial charge is 0.497 e. The molecule has 1 aliphatic rings. The Labute approximate surface area is 139 Å².